The van der Waals surface area contributed by atoms with Crippen LogP contribution in [0.3, 0.4) is 0 Å². The molecule has 0 N–H and O–H groups in total. The maximum atomic E-state index is 10.9. The van der Waals surface area contributed by atoms with Crippen molar-refractivity contribution >= 4 is 47.8 Å². The molecule has 0 aromatic heterocycles. The molecule has 0 fully saturated rings. The molecule has 49 heavy (non-hydrogen) atoms. The Balaban J connectivity index is -0.000000183. The predicted molar refractivity (Wildman–Crippen MR) is 201 cm³/mol. The third-order valence-corrected chi connectivity index (χ3v) is 6.76. The van der Waals surface area contributed by atoms with Crippen LogP contribution in [0.1, 0.15) is 170 Å². The molecular formula is C40H72O8Sn. The van der Waals surface area contributed by atoms with E-state index < -0.39 is 23.9 Å². The Bertz CT molecular complexity index is 702. The molecule has 9 heteroatoms. The molecule has 8 radical (unpaired) electrons. The number of rotatable bonds is 26. The second-order valence-corrected chi connectivity index (χ2v) is 12.7. The number of esters is 2. The number of hydrogen-bond donors (Lipinski definition) is 0. The zero-order valence-corrected chi connectivity index (χ0v) is 35.1. The molecule has 0 bridgehead atoms. The normalized spacial score (nSPS) is 10.3. The first-order chi connectivity index (χ1) is 22.9. The first-order valence-corrected chi connectivity index (χ1v) is 18.6. The SMILES string of the molecule is CC(C)CCCCCOC(=O)/C=C/C([O])=O.CC(C)CCCCCOC(=O)/C=C/C([O])=O.[CH2]CCCCCCC.[CH2]CCCCCCC.[Sn]. The van der Waals surface area contributed by atoms with Crippen LogP contribution in [0.15, 0.2) is 24.3 Å². The van der Waals surface area contributed by atoms with Crippen molar-refractivity contribution in [2.45, 2.75) is 170 Å². The third kappa shape index (κ3) is 68.8. The Morgan fingerprint density at radius 2 is 0.796 bits per heavy atom. The number of ether oxygens (including phenoxy) is 2. The van der Waals surface area contributed by atoms with Crippen molar-refractivity contribution in [1.82, 2.24) is 0 Å². The molecule has 0 rings (SSSR count). The van der Waals surface area contributed by atoms with Gasteiger partial charge >= 0.3 is 23.9 Å². The van der Waals surface area contributed by atoms with Crippen LogP contribution >= 0.6 is 0 Å². The van der Waals surface area contributed by atoms with Crippen molar-refractivity contribution in [3.8, 4) is 0 Å². The van der Waals surface area contributed by atoms with E-state index in [1.165, 1.54) is 77.0 Å². The van der Waals surface area contributed by atoms with Gasteiger partial charge in [-0.15, -0.1) is 0 Å². The van der Waals surface area contributed by atoms with E-state index in [9.17, 15) is 29.4 Å². The van der Waals surface area contributed by atoms with Crippen LogP contribution in [0.5, 0.6) is 0 Å². The Labute approximate surface area is 318 Å². The van der Waals surface area contributed by atoms with Crippen LogP contribution in [-0.2, 0) is 38.9 Å². The smallest absolute Gasteiger partial charge is 0.379 e. The molecule has 0 saturated carbocycles. The quantitative estimate of drug-likeness (QED) is 0.0371. The van der Waals surface area contributed by atoms with E-state index in [-0.39, 0.29) is 23.9 Å². The zero-order chi connectivity index (χ0) is 37.3. The van der Waals surface area contributed by atoms with Gasteiger partial charge in [-0.3, -0.25) is 0 Å². The Kier molecular flexibility index (Phi) is 55.7. The first kappa shape index (κ1) is 56.5. The molecular weight excluding hydrogens is 727 g/mol. The largest absolute Gasteiger partial charge is 0.463 e. The minimum Gasteiger partial charge on any atom is -0.463 e. The van der Waals surface area contributed by atoms with E-state index in [0.717, 1.165) is 63.5 Å². The Hall–Kier alpha value is -1.84. The van der Waals surface area contributed by atoms with Crippen molar-refractivity contribution in [3.63, 3.8) is 0 Å². The topological polar surface area (TPSA) is 127 Å². The van der Waals surface area contributed by atoms with Gasteiger partial charge in [0.05, 0.1) is 13.2 Å². The van der Waals surface area contributed by atoms with Gasteiger partial charge in [0.1, 0.15) is 0 Å². The molecule has 0 heterocycles. The number of carbonyl (C=O) groups is 4. The standard InChI is InChI=1S/2C12H19O4.2C8H17.Sn/c2*1-10(2)6-4-3-5-9-16-12(15)8-7-11(13)14;2*1-3-5-7-8-6-4-2;/h2*7-8,10H,3-6,9H2,1-2H3;2*1,3-8H2,2H3;/b2*8-7+;;;. The summed E-state index contributed by atoms with van der Waals surface area (Å²) >= 11 is 0. The second-order valence-electron chi connectivity index (χ2n) is 12.7. The van der Waals surface area contributed by atoms with Crippen LogP contribution in [0.4, 0.5) is 0 Å². The summed E-state index contributed by atoms with van der Waals surface area (Å²) in [5.74, 6) is -2.65. The molecule has 0 saturated heterocycles. The van der Waals surface area contributed by atoms with Crippen LogP contribution in [0, 0.1) is 25.7 Å². The summed E-state index contributed by atoms with van der Waals surface area (Å²) in [6.45, 7) is 21.4. The Morgan fingerprint density at radius 3 is 1.06 bits per heavy atom. The van der Waals surface area contributed by atoms with Crippen molar-refractivity contribution in [2.75, 3.05) is 13.2 Å². The van der Waals surface area contributed by atoms with Crippen LogP contribution in [-0.4, -0.2) is 61.0 Å². The summed E-state index contributed by atoms with van der Waals surface area (Å²) in [4.78, 5) is 41.7. The number of unbranched alkanes of at least 4 members (excludes halogenated alkanes) is 14. The van der Waals surface area contributed by atoms with Gasteiger partial charge in [0.25, 0.3) is 0 Å². The average Bonchev–Trinajstić information content (AvgIpc) is 3.03. The molecule has 284 valence electrons. The summed E-state index contributed by atoms with van der Waals surface area (Å²) in [6, 6.07) is 0. The summed E-state index contributed by atoms with van der Waals surface area (Å²) in [7, 11) is 0. The fourth-order valence-electron chi connectivity index (χ4n) is 3.94. The molecule has 0 aliphatic heterocycles. The van der Waals surface area contributed by atoms with Crippen LogP contribution in [0.25, 0.3) is 0 Å². The monoisotopic (exact) mass is 800 g/mol. The van der Waals surface area contributed by atoms with Crippen molar-refractivity contribution in [1.29, 1.82) is 0 Å². The van der Waals surface area contributed by atoms with Crippen molar-refractivity contribution in [2.24, 2.45) is 11.8 Å². The molecule has 8 nitrogen and oxygen atoms in total. The number of carbonyl (C=O) groups excluding carboxylic acids is 4. The van der Waals surface area contributed by atoms with E-state index in [4.69, 9.17) is 9.47 Å². The molecule has 0 amide bonds. The van der Waals surface area contributed by atoms with E-state index >= 15 is 0 Å². The minimum absolute atomic E-state index is 0. The van der Waals surface area contributed by atoms with E-state index in [1.54, 1.807) is 0 Å². The Morgan fingerprint density at radius 1 is 0.490 bits per heavy atom. The van der Waals surface area contributed by atoms with Gasteiger partial charge in [0.15, 0.2) is 0 Å². The van der Waals surface area contributed by atoms with Gasteiger partial charge in [0, 0.05) is 48.2 Å². The third-order valence-electron chi connectivity index (χ3n) is 6.76. The molecule has 0 aromatic rings. The van der Waals surface area contributed by atoms with Crippen LogP contribution in [0.2, 0.25) is 0 Å². The second kappa shape index (κ2) is 48.3. The molecule has 0 aliphatic rings. The predicted octanol–water partition coefficient (Wildman–Crippen LogP) is 10.5. The fraction of sp³-hybridized carbons (Fsp3) is 0.750. The molecule has 0 unspecified atom stereocenters. The maximum absolute atomic E-state index is 10.9. The molecule has 0 atom stereocenters. The summed E-state index contributed by atoms with van der Waals surface area (Å²) in [6.07, 6.45) is 27.3. The van der Waals surface area contributed by atoms with Gasteiger partial charge in [-0.25, -0.2) is 29.4 Å². The van der Waals surface area contributed by atoms with Gasteiger partial charge < -0.3 is 9.47 Å². The van der Waals surface area contributed by atoms with Crippen LogP contribution < -0.4 is 0 Å². The fourth-order valence-corrected chi connectivity index (χ4v) is 3.94. The molecule has 0 aromatic carbocycles. The minimum atomic E-state index is -1.39. The van der Waals surface area contributed by atoms with E-state index in [1.807, 2.05) is 0 Å². The summed E-state index contributed by atoms with van der Waals surface area (Å²) in [5.41, 5.74) is 0. The maximum Gasteiger partial charge on any atom is 0.379 e. The summed E-state index contributed by atoms with van der Waals surface area (Å²) in [5, 5.41) is 20.0. The van der Waals surface area contributed by atoms with Gasteiger partial charge in [0.2, 0.25) is 0 Å². The molecule has 0 spiro atoms. The molecule has 0 aliphatic carbocycles. The van der Waals surface area contributed by atoms with Gasteiger partial charge in [-0.2, -0.15) is 0 Å². The first-order valence-electron chi connectivity index (χ1n) is 18.6. The van der Waals surface area contributed by atoms with Gasteiger partial charge in [-0.05, 0) is 24.7 Å². The van der Waals surface area contributed by atoms with E-state index in [0.29, 0.717) is 37.2 Å². The summed E-state index contributed by atoms with van der Waals surface area (Å²) < 4.78 is 9.57. The van der Waals surface area contributed by atoms with E-state index in [2.05, 4.69) is 55.4 Å². The van der Waals surface area contributed by atoms with Crippen molar-refractivity contribution < 1.29 is 38.9 Å². The zero-order valence-electron chi connectivity index (χ0n) is 32.2. The van der Waals surface area contributed by atoms with Gasteiger partial charge in [-0.1, -0.05) is 171 Å². The average molecular weight is 800 g/mol. The number of hydrogen-bond acceptors (Lipinski definition) is 6. The van der Waals surface area contributed by atoms with Crippen molar-refractivity contribution in [3.05, 3.63) is 38.2 Å².